The fraction of sp³-hybridized carbons (Fsp3) is 0.0952. The molecule has 1 aliphatic rings. The first-order chi connectivity index (χ1) is 12.6. The highest BCUT2D eigenvalue weighted by Gasteiger charge is 2.51. The normalized spacial score (nSPS) is 18.3. The maximum absolute atomic E-state index is 13.1. The standard InChI is InChI=1S/C21H17BrN2O2/c22-16-12-10-15(11-13-16)14-21(24(26)17-6-2-1-3-7-17)18-8-4-5-9-19(18)23-20(21)25/h1-13,26H,14H2,(H,23,25)/t21-/m0/s1. The summed E-state index contributed by atoms with van der Waals surface area (Å²) in [4.78, 5) is 13.1. The summed E-state index contributed by atoms with van der Waals surface area (Å²) in [5.41, 5.74) is 1.78. The van der Waals surface area contributed by atoms with Gasteiger partial charge in [0, 0.05) is 22.1 Å². The SMILES string of the molecule is O=C1Nc2ccccc2[C@]1(Cc1ccc(Br)cc1)N(O)c1ccccc1. The lowest BCUT2D eigenvalue weighted by atomic mass is 9.84. The summed E-state index contributed by atoms with van der Waals surface area (Å²) in [6.07, 6.45) is 0.342. The molecule has 0 saturated carbocycles. The van der Waals surface area contributed by atoms with Crippen molar-refractivity contribution in [3.63, 3.8) is 0 Å². The molecule has 2 N–H and O–H groups in total. The lowest BCUT2D eigenvalue weighted by Gasteiger charge is -2.36. The van der Waals surface area contributed by atoms with E-state index >= 15 is 0 Å². The van der Waals surface area contributed by atoms with Crippen LogP contribution in [-0.2, 0) is 16.8 Å². The molecule has 26 heavy (non-hydrogen) atoms. The Bertz CT molecular complexity index is 944. The third-order valence-electron chi connectivity index (χ3n) is 4.73. The van der Waals surface area contributed by atoms with E-state index in [4.69, 9.17) is 0 Å². The van der Waals surface area contributed by atoms with Crippen LogP contribution in [0.4, 0.5) is 11.4 Å². The number of carbonyl (C=O) groups is 1. The highest BCUT2D eigenvalue weighted by Crippen LogP contribution is 2.44. The number of hydroxylamine groups is 1. The van der Waals surface area contributed by atoms with E-state index in [1.54, 1.807) is 12.1 Å². The zero-order chi connectivity index (χ0) is 18.1. The zero-order valence-electron chi connectivity index (χ0n) is 13.9. The Morgan fingerprint density at radius 3 is 2.31 bits per heavy atom. The van der Waals surface area contributed by atoms with E-state index in [1.807, 2.05) is 66.7 Å². The minimum Gasteiger partial charge on any atom is -0.323 e. The first-order valence-corrected chi connectivity index (χ1v) is 9.10. The van der Waals surface area contributed by atoms with Gasteiger partial charge in [-0.25, -0.2) is 5.06 Å². The number of hydrogen-bond donors (Lipinski definition) is 2. The zero-order valence-corrected chi connectivity index (χ0v) is 15.5. The van der Waals surface area contributed by atoms with Crippen molar-refractivity contribution in [1.29, 1.82) is 0 Å². The number of nitrogens with zero attached hydrogens (tertiary/aromatic N) is 1. The topological polar surface area (TPSA) is 52.6 Å². The molecule has 0 spiro atoms. The molecule has 1 amide bonds. The summed E-state index contributed by atoms with van der Waals surface area (Å²) in [7, 11) is 0. The van der Waals surface area contributed by atoms with E-state index in [9.17, 15) is 10.0 Å². The average molecular weight is 409 g/mol. The first kappa shape index (κ1) is 16.8. The van der Waals surface area contributed by atoms with E-state index in [0.717, 1.165) is 26.4 Å². The van der Waals surface area contributed by atoms with Crippen molar-refractivity contribution >= 4 is 33.2 Å². The van der Waals surface area contributed by atoms with Gasteiger partial charge in [0.05, 0.1) is 5.69 Å². The summed E-state index contributed by atoms with van der Waals surface area (Å²) >= 11 is 3.44. The van der Waals surface area contributed by atoms with Crippen LogP contribution < -0.4 is 10.4 Å². The van der Waals surface area contributed by atoms with Crippen molar-refractivity contribution in [3.8, 4) is 0 Å². The second-order valence-electron chi connectivity index (χ2n) is 6.31. The third kappa shape index (κ3) is 2.69. The van der Waals surface area contributed by atoms with Gasteiger partial charge in [-0.2, -0.15) is 0 Å². The molecule has 3 aromatic carbocycles. The van der Waals surface area contributed by atoms with E-state index in [2.05, 4.69) is 21.2 Å². The Balaban J connectivity index is 1.87. The Morgan fingerprint density at radius 1 is 0.923 bits per heavy atom. The highest BCUT2D eigenvalue weighted by molar-refractivity contribution is 9.10. The van der Waals surface area contributed by atoms with E-state index in [1.165, 1.54) is 0 Å². The van der Waals surface area contributed by atoms with Crippen molar-refractivity contribution in [2.24, 2.45) is 0 Å². The van der Waals surface area contributed by atoms with Gasteiger partial charge in [0.15, 0.2) is 5.54 Å². The maximum Gasteiger partial charge on any atom is 0.257 e. The molecule has 1 atom stereocenters. The summed E-state index contributed by atoms with van der Waals surface area (Å²) in [6.45, 7) is 0. The molecule has 3 aromatic rings. The van der Waals surface area contributed by atoms with Gasteiger partial charge in [0.2, 0.25) is 0 Å². The summed E-state index contributed by atoms with van der Waals surface area (Å²) in [5, 5.41) is 15.2. The number of hydrogen-bond acceptors (Lipinski definition) is 3. The molecule has 0 aromatic heterocycles. The summed E-state index contributed by atoms with van der Waals surface area (Å²) in [6, 6.07) is 24.4. The molecule has 0 saturated heterocycles. The number of nitrogens with one attached hydrogen (secondary N) is 1. The number of para-hydroxylation sites is 2. The van der Waals surface area contributed by atoms with Crippen molar-refractivity contribution < 1.29 is 10.0 Å². The van der Waals surface area contributed by atoms with Gasteiger partial charge in [-0.1, -0.05) is 64.5 Å². The van der Waals surface area contributed by atoms with Gasteiger partial charge in [-0.3, -0.25) is 10.0 Å². The molecule has 1 heterocycles. The smallest absolute Gasteiger partial charge is 0.257 e. The highest BCUT2D eigenvalue weighted by atomic mass is 79.9. The number of rotatable bonds is 4. The average Bonchev–Trinajstić information content (AvgIpc) is 2.96. The van der Waals surface area contributed by atoms with Crippen LogP contribution in [0, 0.1) is 0 Å². The molecule has 1 aliphatic heterocycles. The third-order valence-corrected chi connectivity index (χ3v) is 5.26. The fourth-order valence-electron chi connectivity index (χ4n) is 3.45. The van der Waals surface area contributed by atoms with E-state index in [0.29, 0.717) is 12.1 Å². The lowest BCUT2D eigenvalue weighted by molar-refractivity contribution is -0.123. The summed E-state index contributed by atoms with van der Waals surface area (Å²) < 4.78 is 0.968. The number of anilines is 2. The minimum atomic E-state index is -1.23. The van der Waals surface area contributed by atoms with Crippen LogP contribution >= 0.6 is 15.9 Å². The number of halogens is 1. The molecule has 0 fully saturated rings. The van der Waals surface area contributed by atoms with Crippen LogP contribution in [0.25, 0.3) is 0 Å². The quantitative estimate of drug-likeness (QED) is 0.613. The molecular weight excluding hydrogens is 392 g/mol. The Hall–Kier alpha value is -2.63. The molecule has 0 unspecified atom stereocenters. The number of carbonyl (C=O) groups excluding carboxylic acids is 1. The largest absolute Gasteiger partial charge is 0.323 e. The second kappa shape index (κ2) is 6.59. The van der Waals surface area contributed by atoms with Gasteiger partial charge in [0.1, 0.15) is 0 Å². The van der Waals surface area contributed by atoms with Crippen LogP contribution in [-0.4, -0.2) is 11.1 Å². The van der Waals surface area contributed by atoms with Crippen LogP contribution in [0.3, 0.4) is 0 Å². The predicted molar refractivity (Wildman–Crippen MR) is 105 cm³/mol. The molecule has 0 aliphatic carbocycles. The van der Waals surface area contributed by atoms with E-state index in [-0.39, 0.29) is 5.91 Å². The van der Waals surface area contributed by atoms with Crippen LogP contribution in [0.2, 0.25) is 0 Å². The number of fused-ring (bicyclic) bond motifs is 1. The van der Waals surface area contributed by atoms with Crippen molar-refractivity contribution in [2.75, 3.05) is 10.4 Å². The molecule has 5 heteroatoms. The fourth-order valence-corrected chi connectivity index (χ4v) is 3.71. The van der Waals surface area contributed by atoms with Gasteiger partial charge in [0.25, 0.3) is 5.91 Å². The Labute approximate surface area is 160 Å². The van der Waals surface area contributed by atoms with Crippen LogP contribution in [0.1, 0.15) is 11.1 Å². The Morgan fingerprint density at radius 2 is 1.58 bits per heavy atom. The number of benzene rings is 3. The monoisotopic (exact) mass is 408 g/mol. The van der Waals surface area contributed by atoms with Gasteiger partial charge < -0.3 is 5.32 Å². The molecule has 130 valence electrons. The number of amides is 1. The Kier molecular flexibility index (Phi) is 4.26. The van der Waals surface area contributed by atoms with Crippen molar-refractivity contribution in [1.82, 2.24) is 0 Å². The molecule has 0 bridgehead atoms. The molecule has 4 rings (SSSR count). The predicted octanol–water partition coefficient (Wildman–Crippen LogP) is 4.74. The van der Waals surface area contributed by atoms with Gasteiger partial charge in [-0.15, -0.1) is 0 Å². The molecule has 0 radical (unpaired) electrons. The molecular formula is C21H17BrN2O2. The molecule has 4 nitrogen and oxygen atoms in total. The summed E-state index contributed by atoms with van der Waals surface area (Å²) in [5.74, 6) is -0.243. The van der Waals surface area contributed by atoms with Gasteiger partial charge >= 0.3 is 0 Å². The van der Waals surface area contributed by atoms with Crippen LogP contribution in [0.15, 0.2) is 83.3 Å². The first-order valence-electron chi connectivity index (χ1n) is 8.31. The van der Waals surface area contributed by atoms with Crippen molar-refractivity contribution in [2.45, 2.75) is 12.0 Å². The van der Waals surface area contributed by atoms with Crippen LogP contribution in [0.5, 0.6) is 0 Å². The van der Waals surface area contributed by atoms with Crippen molar-refractivity contribution in [3.05, 3.63) is 94.5 Å². The lowest BCUT2D eigenvalue weighted by Crippen LogP contribution is -2.51. The van der Waals surface area contributed by atoms with Gasteiger partial charge in [-0.05, 0) is 35.9 Å². The second-order valence-corrected chi connectivity index (χ2v) is 7.23. The minimum absolute atomic E-state index is 0.243. The maximum atomic E-state index is 13.1. The van der Waals surface area contributed by atoms with E-state index < -0.39 is 5.54 Å².